The molecule has 1 heterocycles. The van der Waals surface area contributed by atoms with Crippen LogP contribution in [0.5, 0.6) is 0 Å². The monoisotopic (exact) mass is 356 g/mol. The summed E-state index contributed by atoms with van der Waals surface area (Å²) in [4.78, 5) is 17.6. The van der Waals surface area contributed by atoms with Crippen molar-refractivity contribution < 1.29 is 24.6 Å². The summed E-state index contributed by atoms with van der Waals surface area (Å²) in [5.41, 5.74) is 1.02. The van der Waals surface area contributed by atoms with Crippen LogP contribution in [0.4, 0.5) is 0 Å². The minimum Gasteiger partial charge on any atom is -0.400 e. The van der Waals surface area contributed by atoms with Gasteiger partial charge in [-0.25, -0.2) is 0 Å². The molecule has 1 saturated heterocycles. The molecule has 0 aromatic carbocycles. The number of allylic oxidation sites excluding steroid dienone is 5. The summed E-state index contributed by atoms with van der Waals surface area (Å²) in [6.07, 6.45) is 9.84. The van der Waals surface area contributed by atoms with Gasteiger partial charge in [-0.15, -0.1) is 0 Å². The highest BCUT2D eigenvalue weighted by molar-refractivity contribution is 8.01. The first-order valence-electron chi connectivity index (χ1n) is 7.64. The highest BCUT2D eigenvalue weighted by atomic mass is 32.2. The van der Waals surface area contributed by atoms with Crippen LogP contribution in [0.2, 0.25) is 0 Å². The van der Waals surface area contributed by atoms with Gasteiger partial charge in [-0.05, 0) is 24.4 Å². The normalized spacial score (nSPS) is 20.5. The second-order valence-corrected chi connectivity index (χ2v) is 5.70. The molecule has 2 aliphatic rings. The van der Waals surface area contributed by atoms with E-state index in [1.54, 1.807) is 0 Å². The van der Waals surface area contributed by atoms with Gasteiger partial charge in [0, 0.05) is 30.6 Å². The molecule has 3 N–H and O–H groups in total. The summed E-state index contributed by atoms with van der Waals surface area (Å²) in [5.74, 6) is 0. The zero-order valence-corrected chi connectivity index (χ0v) is 14.5. The van der Waals surface area contributed by atoms with E-state index < -0.39 is 0 Å². The third-order valence-electron chi connectivity index (χ3n) is 3.08. The Morgan fingerprint density at radius 2 is 2.33 bits per heavy atom. The van der Waals surface area contributed by atoms with Gasteiger partial charge in [0.15, 0.2) is 12.4 Å². The van der Waals surface area contributed by atoms with Crippen LogP contribution >= 0.6 is 11.9 Å². The summed E-state index contributed by atoms with van der Waals surface area (Å²) in [6.45, 7) is 1.81. The SMILES string of the molecule is CO.O=C/C(=N/O[C@@H]1CCOC1)C1=CCC=C(SNCCO)C=C1. The molecule has 24 heavy (non-hydrogen) atoms. The molecule has 0 radical (unpaired) electrons. The van der Waals surface area contributed by atoms with Crippen molar-refractivity contribution in [3.05, 3.63) is 34.8 Å². The van der Waals surface area contributed by atoms with Crippen LogP contribution in [0, 0.1) is 0 Å². The van der Waals surface area contributed by atoms with Crippen molar-refractivity contribution in [2.75, 3.05) is 33.5 Å². The number of ether oxygens (including phenoxy) is 1. The largest absolute Gasteiger partial charge is 0.400 e. The fourth-order valence-electron chi connectivity index (χ4n) is 1.93. The van der Waals surface area contributed by atoms with Gasteiger partial charge in [0.25, 0.3) is 0 Å². The lowest BCUT2D eigenvalue weighted by atomic mass is 10.1. The molecule has 0 aromatic rings. The zero-order valence-electron chi connectivity index (χ0n) is 13.7. The predicted octanol–water partition coefficient (Wildman–Crippen LogP) is 0.956. The molecule has 0 bridgehead atoms. The molecule has 1 atom stereocenters. The van der Waals surface area contributed by atoms with E-state index in [9.17, 15) is 4.79 Å². The molecular formula is C16H24N2O5S. The van der Waals surface area contributed by atoms with E-state index in [0.717, 1.165) is 24.0 Å². The van der Waals surface area contributed by atoms with Gasteiger partial charge in [0.2, 0.25) is 0 Å². The fourth-order valence-corrected chi connectivity index (χ4v) is 2.60. The maximum atomic E-state index is 11.2. The summed E-state index contributed by atoms with van der Waals surface area (Å²) in [6, 6.07) is 0. The first-order valence-corrected chi connectivity index (χ1v) is 8.46. The maximum absolute atomic E-state index is 11.2. The first-order chi connectivity index (χ1) is 11.8. The third-order valence-corrected chi connectivity index (χ3v) is 3.97. The van der Waals surface area contributed by atoms with Gasteiger partial charge in [0.1, 0.15) is 5.71 Å². The van der Waals surface area contributed by atoms with Gasteiger partial charge in [-0.3, -0.25) is 9.52 Å². The lowest BCUT2D eigenvalue weighted by Crippen LogP contribution is -2.12. The van der Waals surface area contributed by atoms with Crippen molar-refractivity contribution in [3.8, 4) is 0 Å². The molecule has 0 saturated carbocycles. The summed E-state index contributed by atoms with van der Waals surface area (Å²) < 4.78 is 8.24. The number of rotatable bonds is 8. The average molecular weight is 356 g/mol. The number of carbonyl (C=O) groups excluding carboxylic acids is 1. The van der Waals surface area contributed by atoms with Crippen LogP contribution in [0.3, 0.4) is 0 Å². The summed E-state index contributed by atoms with van der Waals surface area (Å²) >= 11 is 1.45. The van der Waals surface area contributed by atoms with E-state index in [2.05, 4.69) is 9.88 Å². The molecule has 1 aliphatic heterocycles. The van der Waals surface area contributed by atoms with E-state index >= 15 is 0 Å². The maximum Gasteiger partial charge on any atom is 0.172 e. The topological polar surface area (TPSA) is 100 Å². The van der Waals surface area contributed by atoms with E-state index in [1.807, 2.05) is 24.3 Å². The Labute approximate surface area is 146 Å². The van der Waals surface area contributed by atoms with Crippen molar-refractivity contribution in [2.45, 2.75) is 18.9 Å². The number of carbonyl (C=O) groups is 1. The Balaban J connectivity index is 0.00000139. The average Bonchev–Trinajstić information content (AvgIpc) is 3.03. The van der Waals surface area contributed by atoms with Gasteiger partial charge < -0.3 is 19.8 Å². The molecule has 0 spiro atoms. The lowest BCUT2D eigenvalue weighted by Gasteiger charge is -2.06. The van der Waals surface area contributed by atoms with Gasteiger partial charge in [0.05, 0.1) is 19.8 Å². The van der Waals surface area contributed by atoms with Gasteiger partial charge >= 0.3 is 0 Å². The Hall–Kier alpha value is -1.45. The predicted molar refractivity (Wildman–Crippen MR) is 94.6 cm³/mol. The lowest BCUT2D eigenvalue weighted by molar-refractivity contribution is -0.102. The molecule has 1 aliphatic carbocycles. The molecular weight excluding hydrogens is 332 g/mol. The summed E-state index contributed by atoms with van der Waals surface area (Å²) in [5, 5.41) is 19.7. The van der Waals surface area contributed by atoms with Crippen LogP contribution in [-0.2, 0) is 14.4 Å². The number of nitrogens with zero attached hydrogens (tertiary/aromatic N) is 1. The Morgan fingerprint density at radius 3 is 3.00 bits per heavy atom. The molecule has 7 nitrogen and oxygen atoms in total. The molecule has 2 rings (SSSR count). The zero-order chi connectivity index (χ0) is 17.6. The number of aldehydes is 1. The minimum absolute atomic E-state index is 0.0720. The molecule has 134 valence electrons. The quantitative estimate of drug-likeness (QED) is 0.196. The van der Waals surface area contributed by atoms with Crippen molar-refractivity contribution in [3.63, 3.8) is 0 Å². The van der Waals surface area contributed by atoms with E-state index in [1.165, 1.54) is 11.9 Å². The first kappa shape index (κ1) is 20.6. The van der Waals surface area contributed by atoms with Gasteiger partial charge in [-0.2, -0.15) is 0 Å². The van der Waals surface area contributed by atoms with Gasteiger partial charge in [-0.1, -0.05) is 23.4 Å². The number of nitrogens with one attached hydrogen (secondary N) is 1. The van der Waals surface area contributed by atoms with Crippen molar-refractivity contribution in [1.29, 1.82) is 0 Å². The molecule has 8 heteroatoms. The molecule has 0 aromatic heterocycles. The van der Waals surface area contributed by atoms with Crippen LogP contribution in [0.1, 0.15) is 12.8 Å². The van der Waals surface area contributed by atoms with Crippen LogP contribution in [-0.4, -0.2) is 61.8 Å². The standard InChI is InChI=1S/C15H20N2O4S.CH4O/c18-8-7-16-22-14-3-1-2-12(4-5-14)15(10-19)17-21-13-6-9-20-11-13;1-2/h2-5,10,13,16,18H,1,6-9,11H2;2H,1H3/b17-15-;/t13-;/m1./s1. The Morgan fingerprint density at radius 1 is 1.50 bits per heavy atom. The van der Waals surface area contributed by atoms with Crippen LogP contribution in [0.15, 0.2) is 39.9 Å². The van der Waals surface area contributed by atoms with Crippen molar-refractivity contribution >= 4 is 23.9 Å². The van der Waals surface area contributed by atoms with E-state index in [0.29, 0.717) is 32.5 Å². The van der Waals surface area contributed by atoms with E-state index in [-0.39, 0.29) is 18.4 Å². The summed E-state index contributed by atoms with van der Waals surface area (Å²) in [7, 11) is 1.00. The van der Waals surface area contributed by atoms with E-state index in [4.69, 9.17) is 19.8 Å². The fraction of sp³-hybridized carbons (Fsp3) is 0.500. The molecule has 0 unspecified atom stereocenters. The third kappa shape index (κ3) is 7.41. The minimum atomic E-state index is -0.0720. The highest BCUT2D eigenvalue weighted by Crippen LogP contribution is 2.19. The number of oxime groups is 1. The second kappa shape index (κ2) is 12.9. The highest BCUT2D eigenvalue weighted by Gasteiger charge is 2.17. The Kier molecular flexibility index (Phi) is 11.1. The smallest absolute Gasteiger partial charge is 0.172 e. The molecule has 1 fully saturated rings. The molecule has 0 amide bonds. The number of hydrogen-bond donors (Lipinski definition) is 3. The number of aliphatic hydroxyl groups excluding tert-OH is 2. The number of aliphatic hydroxyl groups is 2. The van der Waals surface area contributed by atoms with Crippen molar-refractivity contribution in [1.82, 2.24) is 4.72 Å². The van der Waals surface area contributed by atoms with Crippen molar-refractivity contribution in [2.24, 2.45) is 5.16 Å². The van der Waals surface area contributed by atoms with Crippen LogP contribution in [0.25, 0.3) is 0 Å². The number of hydrogen-bond acceptors (Lipinski definition) is 8. The second-order valence-electron chi connectivity index (χ2n) is 4.74. The Bertz CT molecular complexity index is 497. The van der Waals surface area contributed by atoms with Crippen LogP contribution < -0.4 is 4.72 Å².